The van der Waals surface area contributed by atoms with Crippen LogP contribution >= 0.6 is 0 Å². The highest BCUT2D eigenvalue weighted by Crippen LogP contribution is 2.06. The second-order valence-electron chi connectivity index (χ2n) is 3.40. The molecule has 15 heavy (non-hydrogen) atoms. The van der Waals surface area contributed by atoms with Crippen LogP contribution in [0.15, 0.2) is 30.3 Å². The van der Waals surface area contributed by atoms with Crippen molar-refractivity contribution in [1.82, 2.24) is 5.48 Å². The number of carbonyl (C=O) groups excluding carboxylic acids is 1. The van der Waals surface area contributed by atoms with Crippen molar-refractivity contribution in [3.8, 4) is 0 Å². The van der Waals surface area contributed by atoms with Gasteiger partial charge in [0, 0.05) is 6.42 Å². The fraction of sp³-hybridized carbons (Fsp3) is 0.364. The quantitative estimate of drug-likeness (QED) is 0.591. The van der Waals surface area contributed by atoms with Crippen molar-refractivity contribution in [1.29, 1.82) is 0 Å². The summed E-state index contributed by atoms with van der Waals surface area (Å²) in [6.45, 7) is 0.926. The van der Waals surface area contributed by atoms with Crippen LogP contribution in [0.3, 0.4) is 0 Å². The van der Waals surface area contributed by atoms with Gasteiger partial charge >= 0.3 is 5.97 Å². The Labute approximate surface area is 88.1 Å². The molecule has 1 aromatic rings. The van der Waals surface area contributed by atoms with Crippen molar-refractivity contribution in [3.05, 3.63) is 35.9 Å². The number of benzene rings is 1. The molecule has 0 radical (unpaired) electrons. The third-order valence-corrected chi connectivity index (χ3v) is 2.24. The van der Waals surface area contributed by atoms with E-state index in [1.54, 1.807) is 0 Å². The van der Waals surface area contributed by atoms with E-state index in [9.17, 15) is 4.79 Å². The summed E-state index contributed by atoms with van der Waals surface area (Å²) in [7, 11) is 0. The molecule has 1 saturated heterocycles. The van der Waals surface area contributed by atoms with Crippen molar-refractivity contribution in [2.45, 2.75) is 19.1 Å². The molecule has 1 atom stereocenters. The number of hydrogen-bond acceptors (Lipinski definition) is 4. The summed E-state index contributed by atoms with van der Waals surface area (Å²) in [4.78, 5) is 16.3. The summed E-state index contributed by atoms with van der Waals surface area (Å²) in [5.41, 5.74) is 3.77. The van der Waals surface area contributed by atoms with E-state index in [-0.39, 0.29) is 12.0 Å². The minimum atomic E-state index is -0.311. The smallest absolute Gasteiger partial charge is 0.325 e. The number of cyclic esters (lactones) is 1. The average molecular weight is 207 g/mol. The maximum atomic E-state index is 11.1. The SMILES string of the molecule is O=C1OCCC1NOCc1ccccc1. The topological polar surface area (TPSA) is 47.6 Å². The molecule has 1 unspecified atom stereocenters. The molecule has 80 valence electrons. The molecule has 0 amide bonds. The molecule has 1 heterocycles. The Kier molecular flexibility index (Phi) is 3.32. The Balaban J connectivity index is 1.73. The van der Waals surface area contributed by atoms with Gasteiger partial charge in [-0.25, -0.2) is 0 Å². The molecule has 1 aliphatic heterocycles. The van der Waals surface area contributed by atoms with Crippen LogP contribution in [0.5, 0.6) is 0 Å². The lowest BCUT2D eigenvalue weighted by atomic mass is 10.2. The van der Waals surface area contributed by atoms with Crippen LogP contribution in [0, 0.1) is 0 Å². The molecule has 0 aliphatic carbocycles. The van der Waals surface area contributed by atoms with Crippen LogP contribution in [-0.4, -0.2) is 18.6 Å². The number of esters is 1. The first-order chi connectivity index (χ1) is 7.36. The summed E-state index contributed by atoms with van der Waals surface area (Å²) >= 11 is 0. The lowest BCUT2D eigenvalue weighted by Gasteiger charge is -2.08. The van der Waals surface area contributed by atoms with Crippen LogP contribution in [0.2, 0.25) is 0 Å². The molecule has 0 bridgehead atoms. The van der Waals surface area contributed by atoms with Gasteiger partial charge in [-0.3, -0.25) is 9.63 Å². The van der Waals surface area contributed by atoms with Gasteiger partial charge in [0.05, 0.1) is 13.2 Å². The van der Waals surface area contributed by atoms with E-state index in [2.05, 4.69) is 5.48 Å². The third-order valence-electron chi connectivity index (χ3n) is 2.24. The molecular formula is C11H13NO3. The van der Waals surface area contributed by atoms with Gasteiger partial charge < -0.3 is 4.74 Å². The lowest BCUT2D eigenvalue weighted by molar-refractivity contribution is -0.143. The van der Waals surface area contributed by atoms with Gasteiger partial charge in [0.1, 0.15) is 6.04 Å². The van der Waals surface area contributed by atoms with E-state index < -0.39 is 0 Å². The second-order valence-corrected chi connectivity index (χ2v) is 3.40. The molecule has 4 heteroatoms. The normalized spacial score (nSPS) is 20.3. The lowest BCUT2D eigenvalue weighted by Crippen LogP contribution is -2.32. The van der Waals surface area contributed by atoms with E-state index in [1.807, 2.05) is 30.3 Å². The Morgan fingerprint density at radius 2 is 2.20 bits per heavy atom. The van der Waals surface area contributed by atoms with Gasteiger partial charge in [0.2, 0.25) is 0 Å². The Bertz CT molecular complexity index is 326. The zero-order valence-electron chi connectivity index (χ0n) is 8.31. The van der Waals surface area contributed by atoms with Gasteiger partial charge in [-0.1, -0.05) is 30.3 Å². The first-order valence-electron chi connectivity index (χ1n) is 4.94. The van der Waals surface area contributed by atoms with Crippen molar-refractivity contribution in [3.63, 3.8) is 0 Å². The molecule has 4 nitrogen and oxygen atoms in total. The van der Waals surface area contributed by atoms with Crippen LogP contribution in [0.4, 0.5) is 0 Å². The Hall–Kier alpha value is -1.39. The predicted molar refractivity (Wildman–Crippen MR) is 53.7 cm³/mol. The van der Waals surface area contributed by atoms with Crippen molar-refractivity contribution in [2.24, 2.45) is 0 Å². The summed E-state index contributed by atoms with van der Waals surface area (Å²) in [5, 5.41) is 0. The minimum absolute atomic E-state index is 0.233. The van der Waals surface area contributed by atoms with Gasteiger partial charge in [-0.05, 0) is 5.56 Å². The second kappa shape index (κ2) is 4.91. The first-order valence-corrected chi connectivity index (χ1v) is 4.94. The molecule has 0 spiro atoms. The molecule has 0 saturated carbocycles. The summed E-state index contributed by atoms with van der Waals surface area (Å²) < 4.78 is 4.79. The number of hydrogen-bond donors (Lipinski definition) is 1. The van der Waals surface area contributed by atoms with Crippen molar-refractivity contribution >= 4 is 5.97 Å². The van der Waals surface area contributed by atoms with E-state index >= 15 is 0 Å². The molecule has 2 rings (SSSR count). The van der Waals surface area contributed by atoms with Gasteiger partial charge in [-0.2, -0.15) is 5.48 Å². The number of nitrogens with one attached hydrogen (secondary N) is 1. The number of carbonyl (C=O) groups is 1. The van der Waals surface area contributed by atoms with Gasteiger partial charge in [-0.15, -0.1) is 0 Å². The highest BCUT2D eigenvalue weighted by Gasteiger charge is 2.26. The Morgan fingerprint density at radius 3 is 2.87 bits per heavy atom. The highest BCUT2D eigenvalue weighted by atomic mass is 16.7. The van der Waals surface area contributed by atoms with Crippen LogP contribution in [0.25, 0.3) is 0 Å². The zero-order valence-corrected chi connectivity index (χ0v) is 8.31. The third kappa shape index (κ3) is 2.78. The average Bonchev–Trinajstić information content (AvgIpc) is 2.66. The first kappa shape index (κ1) is 10.1. The van der Waals surface area contributed by atoms with Crippen molar-refractivity contribution in [2.75, 3.05) is 6.61 Å². The zero-order chi connectivity index (χ0) is 10.5. The molecule has 1 aliphatic rings. The minimum Gasteiger partial charge on any atom is -0.464 e. The molecule has 1 N–H and O–H groups in total. The molecular weight excluding hydrogens is 194 g/mol. The highest BCUT2D eigenvalue weighted by molar-refractivity contribution is 5.77. The van der Waals surface area contributed by atoms with Crippen LogP contribution < -0.4 is 5.48 Å². The van der Waals surface area contributed by atoms with Gasteiger partial charge in [0.25, 0.3) is 0 Å². The fourth-order valence-corrected chi connectivity index (χ4v) is 1.40. The maximum absolute atomic E-state index is 11.1. The Morgan fingerprint density at radius 1 is 1.40 bits per heavy atom. The monoisotopic (exact) mass is 207 g/mol. The predicted octanol–water partition coefficient (Wildman–Crippen LogP) is 1.02. The maximum Gasteiger partial charge on any atom is 0.325 e. The number of hydroxylamine groups is 1. The van der Waals surface area contributed by atoms with Gasteiger partial charge in [0.15, 0.2) is 0 Å². The van der Waals surface area contributed by atoms with E-state index in [0.717, 1.165) is 5.56 Å². The fourth-order valence-electron chi connectivity index (χ4n) is 1.40. The van der Waals surface area contributed by atoms with E-state index in [1.165, 1.54) is 0 Å². The van der Waals surface area contributed by atoms with E-state index in [0.29, 0.717) is 19.6 Å². The summed E-state index contributed by atoms with van der Waals surface area (Å²) in [5.74, 6) is -0.233. The largest absolute Gasteiger partial charge is 0.464 e. The summed E-state index contributed by atoms with van der Waals surface area (Å²) in [6, 6.07) is 9.47. The molecule has 1 aromatic carbocycles. The standard InChI is InChI=1S/C11H13NO3/c13-11-10(6-7-14-11)12-15-8-9-4-2-1-3-5-9/h1-5,10,12H,6-8H2. The summed E-state index contributed by atoms with van der Waals surface area (Å²) in [6.07, 6.45) is 0.674. The van der Waals surface area contributed by atoms with Crippen LogP contribution in [-0.2, 0) is 21.0 Å². The van der Waals surface area contributed by atoms with E-state index in [4.69, 9.17) is 9.57 Å². The molecule has 0 aromatic heterocycles. The molecule has 1 fully saturated rings. The van der Waals surface area contributed by atoms with Crippen LogP contribution in [0.1, 0.15) is 12.0 Å². The van der Waals surface area contributed by atoms with Crippen molar-refractivity contribution < 1.29 is 14.4 Å². The number of ether oxygens (including phenoxy) is 1. The number of rotatable bonds is 4.